The molecule has 2 atom stereocenters. The first kappa shape index (κ1) is 17.3. The van der Waals surface area contributed by atoms with Crippen molar-refractivity contribution in [2.24, 2.45) is 5.92 Å². The Morgan fingerprint density at radius 3 is 2.73 bits per heavy atom. The fraction of sp³-hybridized carbons (Fsp3) is 0.474. The third-order valence-electron chi connectivity index (χ3n) is 5.34. The van der Waals surface area contributed by atoms with Gasteiger partial charge in [-0.3, -0.25) is 9.78 Å². The molecule has 4 rings (SSSR count). The minimum atomic E-state index is -4.13. The molecule has 0 N–H and O–H groups in total. The van der Waals surface area contributed by atoms with Crippen LogP contribution in [-0.2, 0) is 6.54 Å². The summed E-state index contributed by atoms with van der Waals surface area (Å²) in [6.45, 7) is 1.81. The highest BCUT2D eigenvalue weighted by Crippen LogP contribution is 2.37. The van der Waals surface area contributed by atoms with Crippen molar-refractivity contribution in [1.82, 2.24) is 14.5 Å². The lowest BCUT2D eigenvalue weighted by Crippen LogP contribution is -2.47. The third-order valence-corrected chi connectivity index (χ3v) is 5.34. The Kier molecular flexibility index (Phi) is 4.34. The highest BCUT2D eigenvalue weighted by atomic mass is 19.4. The van der Waals surface area contributed by atoms with Crippen molar-refractivity contribution in [2.45, 2.75) is 31.5 Å². The number of nitrogens with zero attached hydrogens (tertiary/aromatic N) is 3. The molecule has 2 aromatic heterocycles. The first-order valence-corrected chi connectivity index (χ1v) is 8.83. The van der Waals surface area contributed by atoms with Gasteiger partial charge in [-0.25, -0.2) is 0 Å². The predicted molar refractivity (Wildman–Crippen MR) is 91.9 cm³/mol. The number of hydrogen-bond donors (Lipinski definition) is 0. The number of alkyl halides is 3. The molecule has 4 nitrogen and oxygen atoms in total. The van der Waals surface area contributed by atoms with Crippen LogP contribution in [-0.4, -0.2) is 40.3 Å². The van der Waals surface area contributed by atoms with Crippen molar-refractivity contribution >= 4 is 0 Å². The number of pyridine rings is 2. The van der Waals surface area contributed by atoms with Crippen molar-refractivity contribution in [3.05, 3.63) is 52.7 Å². The molecule has 0 spiro atoms. The van der Waals surface area contributed by atoms with E-state index in [9.17, 15) is 18.0 Å². The lowest BCUT2D eigenvalue weighted by atomic mass is 9.82. The van der Waals surface area contributed by atoms with Gasteiger partial charge in [-0.2, -0.15) is 13.2 Å². The Morgan fingerprint density at radius 2 is 2.00 bits per heavy atom. The van der Waals surface area contributed by atoms with Gasteiger partial charge < -0.3 is 9.47 Å². The van der Waals surface area contributed by atoms with Crippen LogP contribution in [0, 0.1) is 5.92 Å². The zero-order valence-corrected chi connectivity index (χ0v) is 14.2. The van der Waals surface area contributed by atoms with Gasteiger partial charge in [0.25, 0.3) is 5.56 Å². The fourth-order valence-corrected chi connectivity index (χ4v) is 4.23. The van der Waals surface area contributed by atoms with Crippen LogP contribution in [0.2, 0.25) is 0 Å². The van der Waals surface area contributed by atoms with Crippen molar-refractivity contribution in [2.75, 3.05) is 19.6 Å². The predicted octanol–water partition coefficient (Wildman–Crippen LogP) is 3.28. The van der Waals surface area contributed by atoms with Crippen LogP contribution < -0.4 is 5.56 Å². The topological polar surface area (TPSA) is 38.1 Å². The molecular formula is C19H20F3N3O. The average Bonchev–Trinajstić information content (AvgIpc) is 2.61. The maximum absolute atomic E-state index is 12.6. The fourth-order valence-electron chi connectivity index (χ4n) is 4.23. The van der Waals surface area contributed by atoms with Crippen LogP contribution in [0.1, 0.15) is 24.5 Å². The van der Waals surface area contributed by atoms with Gasteiger partial charge in [-0.15, -0.1) is 0 Å². The van der Waals surface area contributed by atoms with Gasteiger partial charge in [0.15, 0.2) is 0 Å². The molecule has 2 bridgehead atoms. The van der Waals surface area contributed by atoms with E-state index in [2.05, 4.69) is 4.98 Å². The maximum atomic E-state index is 12.6. The molecule has 2 aliphatic heterocycles. The van der Waals surface area contributed by atoms with Crippen LogP contribution in [0.3, 0.4) is 0 Å². The number of piperidine rings is 1. The number of hydrogen-bond acceptors (Lipinski definition) is 3. The molecule has 0 aromatic carbocycles. The Labute approximate surface area is 149 Å². The van der Waals surface area contributed by atoms with Crippen molar-refractivity contribution in [1.29, 1.82) is 0 Å². The number of rotatable bonds is 3. The molecule has 0 aliphatic carbocycles. The summed E-state index contributed by atoms with van der Waals surface area (Å²) in [7, 11) is 0. The zero-order chi connectivity index (χ0) is 18.3. The first-order chi connectivity index (χ1) is 12.4. The van der Waals surface area contributed by atoms with Crippen molar-refractivity contribution in [3.63, 3.8) is 0 Å². The largest absolute Gasteiger partial charge is 0.390 e. The minimum Gasteiger partial charge on any atom is -0.312 e. The van der Waals surface area contributed by atoms with Gasteiger partial charge in [0, 0.05) is 61.8 Å². The van der Waals surface area contributed by atoms with Crippen molar-refractivity contribution < 1.29 is 13.2 Å². The number of fused-ring (bicyclic) bond motifs is 4. The standard InChI is InChI=1S/C19H20F3N3O/c20-19(21,22)3-5-24-10-13-6-16(12-24)17-7-15(8-18(26)25(17)11-13)14-2-1-4-23-9-14/h1-2,4,7-9,13,16H,3,5-6,10-12H2/t13-,16+/m0/s1. The lowest BCUT2D eigenvalue weighted by Gasteiger charge is -2.43. The Balaban J connectivity index is 1.62. The number of aromatic nitrogens is 2. The summed E-state index contributed by atoms with van der Waals surface area (Å²) in [5, 5.41) is 0. The molecule has 1 saturated heterocycles. The Hall–Kier alpha value is -2.15. The van der Waals surface area contributed by atoms with E-state index in [4.69, 9.17) is 0 Å². The van der Waals surface area contributed by atoms with E-state index in [1.807, 2.05) is 23.1 Å². The minimum absolute atomic E-state index is 0.0308. The second kappa shape index (κ2) is 6.54. The van der Waals surface area contributed by atoms with E-state index >= 15 is 0 Å². The monoisotopic (exact) mass is 363 g/mol. The maximum Gasteiger partial charge on any atom is 0.390 e. The summed E-state index contributed by atoms with van der Waals surface area (Å²) in [5.41, 5.74) is 2.59. The van der Waals surface area contributed by atoms with Gasteiger partial charge in [0.05, 0.1) is 6.42 Å². The quantitative estimate of drug-likeness (QED) is 0.840. The summed E-state index contributed by atoms with van der Waals surface area (Å²) in [5.74, 6) is 0.330. The van der Waals surface area contributed by atoms with Crippen LogP contribution in [0.15, 0.2) is 41.5 Å². The summed E-state index contributed by atoms with van der Waals surface area (Å²) < 4.78 is 39.5. The van der Waals surface area contributed by atoms with E-state index in [-0.39, 0.29) is 23.9 Å². The first-order valence-electron chi connectivity index (χ1n) is 8.83. The van der Waals surface area contributed by atoms with Gasteiger partial charge in [-0.1, -0.05) is 6.07 Å². The van der Waals surface area contributed by atoms with Crippen molar-refractivity contribution in [3.8, 4) is 11.1 Å². The second-order valence-electron chi connectivity index (χ2n) is 7.28. The molecule has 26 heavy (non-hydrogen) atoms. The molecule has 2 aromatic rings. The summed E-state index contributed by atoms with van der Waals surface area (Å²) in [6.07, 6.45) is -0.588. The van der Waals surface area contributed by atoms with Gasteiger partial charge in [-0.05, 0) is 30.0 Å². The molecular weight excluding hydrogens is 343 g/mol. The smallest absolute Gasteiger partial charge is 0.312 e. The molecule has 0 unspecified atom stereocenters. The van der Waals surface area contributed by atoms with Crippen LogP contribution in [0.4, 0.5) is 13.2 Å². The highest BCUT2D eigenvalue weighted by Gasteiger charge is 2.36. The van der Waals surface area contributed by atoms with Gasteiger partial charge in [0.1, 0.15) is 0 Å². The Bertz CT molecular complexity index is 847. The van der Waals surface area contributed by atoms with E-state index in [1.165, 1.54) is 0 Å². The number of halogens is 3. The van der Waals surface area contributed by atoms with Crippen LogP contribution in [0.25, 0.3) is 11.1 Å². The average molecular weight is 363 g/mol. The van der Waals surface area contributed by atoms with Crippen LogP contribution in [0.5, 0.6) is 0 Å². The molecule has 7 heteroatoms. The molecule has 0 amide bonds. The molecule has 2 aliphatic rings. The molecule has 4 heterocycles. The summed E-state index contributed by atoms with van der Waals surface area (Å²) in [4.78, 5) is 18.6. The van der Waals surface area contributed by atoms with E-state index in [0.717, 1.165) is 23.2 Å². The zero-order valence-electron chi connectivity index (χ0n) is 14.2. The molecule has 0 saturated carbocycles. The highest BCUT2D eigenvalue weighted by molar-refractivity contribution is 5.62. The third kappa shape index (κ3) is 3.53. The molecule has 138 valence electrons. The summed E-state index contributed by atoms with van der Waals surface area (Å²) >= 11 is 0. The van der Waals surface area contributed by atoms with E-state index in [1.54, 1.807) is 23.0 Å². The Morgan fingerprint density at radius 1 is 1.15 bits per heavy atom. The van der Waals surface area contributed by atoms with Crippen LogP contribution >= 0.6 is 0 Å². The second-order valence-corrected chi connectivity index (χ2v) is 7.28. The van der Waals surface area contributed by atoms with E-state index < -0.39 is 12.6 Å². The molecule has 1 fully saturated rings. The van der Waals surface area contributed by atoms with E-state index in [0.29, 0.717) is 19.6 Å². The SMILES string of the molecule is O=c1cc(-c2cccnc2)cc2n1C[C@H]1C[C@@H]2CN(CCC(F)(F)F)C1. The summed E-state index contributed by atoms with van der Waals surface area (Å²) in [6, 6.07) is 7.36. The lowest BCUT2D eigenvalue weighted by molar-refractivity contribution is -0.139. The van der Waals surface area contributed by atoms with Gasteiger partial charge in [0.2, 0.25) is 0 Å². The normalized spacial score (nSPS) is 22.9. The number of likely N-dealkylation sites (tertiary alicyclic amines) is 1. The van der Waals surface area contributed by atoms with Gasteiger partial charge >= 0.3 is 6.18 Å². The molecule has 0 radical (unpaired) electrons.